The third-order valence-electron chi connectivity index (χ3n) is 7.20. The van der Waals surface area contributed by atoms with Crippen LogP contribution in [0.5, 0.6) is 0 Å². The van der Waals surface area contributed by atoms with Crippen LogP contribution in [0.2, 0.25) is 0 Å². The minimum absolute atomic E-state index is 0.126. The molecule has 0 radical (unpaired) electrons. The zero-order valence-corrected chi connectivity index (χ0v) is 18.6. The van der Waals surface area contributed by atoms with Crippen LogP contribution in [0.15, 0.2) is 30.3 Å². The van der Waals surface area contributed by atoms with Crippen molar-refractivity contribution in [3.05, 3.63) is 35.9 Å². The molecule has 0 spiro atoms. The third-order valence-corrected chi connectivity index (χ3v) is 7.76. The van der Waals surface area contributed by atoms with Gasteiger partial charge in [0.1, 0.15) is 0 Å². The Morgan fingerprint density at radius 2 is 1.41 bits per heavy atom. The van der Waals surface area contributed by atoms with E-state index in [1.54, 1.807) is 0 Å². The first-order valence-corrected chi connectivity index (χ1v) is 12.3. The van der Waals surface area contributed by atoms with Crippen LogP contribution in [0.3, 0.4) is 0 Å². The minimum atomic E-state index is -0.360. The van der Waals surface area contributed by atoms with Gasteiger partial charge in [-0.25, -0.2) is 0 Å². The molecule has 4 rings (SSSR count). The maximum absolute atomic E-state index is 6.84. The van der Waals surface area contributed by atoms with E-state index >= 15 is 0 Å². The fourth-order valence-corrected chi connectivity index (χ4v) is 5.64. The van der Waals surface area contributed by atoms with Gasteiger partial charge in [-0.2, -0.15) is 0 Å². The fraction of sp³-hybridized carbons (Fsp3) is 0.750. The Kier molecular flexibility index (Phi) is 7.97. The normalized spacial score (nSPS) is 29.1. The highest BCUT2D eigenvalue weighted by atomic mass is 35.5. The van der Waals surface area contributed by atoms with Crippen molar-refractivity contribution in [2.24, 2.45) is 11.8 Å². The highest BCUT2D eigenvalue weighted by molar-refractivity contribution is 6.60. The molecule has 0 bridgehead atoms. The van der Waals surface area contributed by atoms with Crippen LogP contribution in [0.25, 0.3) is 0 Å². The summed E-state index contributed by atoms with van der Waals surface area (Å²) in [7, 11) is -0.360. The molecule has 29 heavy (non-hydrogen) atoms. The molecule has 160 valence electrons. The second-order valence-corrected chi connectivity index (χ2v) is 9.82. The lowest BCUT2D eigenvalue weighted by Crippen LogP contribution is -2.39. The summed E-state index contributed by atoms with van der Waals surface area (Å²) in [6.45, 7) is 2.60. The summed E-state index contributed by atoms with van der Waals surface area (Å²) in [4.78, 5) is 0. The molecule has 0 amide bonds. The molecule has 1 aromatic carbocycles. The van der Waals surface area contributed by atoms with E-state index in [1.807, 2.05) is 25.1 Å². The lowest BCUT2D eigenvalue weighted by atomic mass is 9.77. The Bertz CT molecular complexity index is 577. The molecular weight excluding hydrogens is 383 g/mol. The smallest absolute Gasteiger partial charge is 0.404 e. The average molecular weight is 419 g/mol. The van der Waals surface area contributed by atoms with Gasteiger partial charge in [-0.3, -0.25) is 0 Å². The van der Waals surface area contributed by atoms with Crippen molar-refractivity contribution in [3.63, 3.8) is 0 Å². The summed E-state index contributed by atoms with van der Waals surface area (Å²) < 4.78 is 19.2. The lowest BCUT2D eigenvalue weighted by Gasteiger charge is -2.35. The van der Waals surface area contributed by atoms with Gasteiger partial charge in [-0.1, -0.05) is 68.9 Å². The molecule has 1 aromatic rings. The number of alkyl halides is 1. The van der Waals surface area contributed by atoms with Crippen molar-refractivity contribution in [1.82, 2.24) is 0 Å². The number of benzene rings is 1. The van der Waals surface area contributed by atoms with Gasteiger partial charge in [0.25, 0.3) is 0 Å². The second kappa shape index (κ2) is 10.7. The van der Waals surface area contributed by atoms with Crippen molar-refractivity contribution in [1.29, 1.82) is 0 Å². The molecule has 2 aliphatic carbocycles. The first kappa shape index (κ1) is 21.7. The van der Waals surface area contributed by atoms with E-state index in [-0.39, 0.29) is 30.7 Å². The summed E-state index contributed by atoms with van der Waals surface area (Å²) in [5, 5.41) is -0.293. The number of halogens is 1. The standard InChI is InChI=1S/C24H36BClO3/c1-18(27-17-19-11-5-2-6-12-19)24(26)25-28-22(20-13-7-3-8-14-20)23(29-25)21-15-9-4-10-16-21/h2,5-6,11-12,18,20-24H,3-4,7-10,13-17H2,1H3/t18-,22-,23-,24-/m1/s1. The van der Waals surface area contributed by atoms with Crippen LogP contribution in [-0.4, -0.2) is 30.7 Å². The molecule has 0 unspecified atom stereocenters. The van der Waals surface area contributed by atoms with Gasteiger partial charge in [0.2, 0.25) is 0 Å². The summed E-state index contributed by atoms with van der Waals surface area (Å²) in [6.07, 6.45) is 13.4. The van der Waals surface area contributed by atoms with Crippen molar-refractivity contribution in [2.45, 2.75) is 101 Å². The molecule has 3 nitrogen and oxygen atoms in total. The van der Waals surface area contributed by atoms with Crippen molar-refractivity contribution in [3.8, 4) is 0 Å². The molecule has 5 heteroatoms. The Morgan fingerprint density at radius 3 is 1.93 bits per heavy atom. The maximum Gasteiger partial charge on any atom is 0.479 e. The van der Waals surface area contributed by atoms with E-state index in [0.29, 0.717) is 18.4 Å². The minimum Gasteiger partial charge on any atom is -0.404 e. The highest BCUT2D eigenvalue weighted by Gasteiger charge is 2.50. The number of hydrogen-bond donors (Lipinski definition) is 0. The summed E-state index contributed by atoms with van der Waals surface area (Å²) in [6, 6.07) is 10.3. The van der Waals surface area contributed by atoms with E-state index in [2.05, 4.69) is 12.1 Å². The van der Waals surface area contributed by atoms with Crippen LogP contribution in [0.4, 0.5) is 0 Å². The van der Waals surface area contributed by atoms with Crippen molar-refractivity contribution >= 4 is 18.7 Å². The molecular formula is C24H36BClO3. The molecule has 1 saturated heterocycles. The van der Waals surface area contributed by atoms with Crippen molar-refractivity contribution in [2.75, 3.05) is 0 Å². The molecule has 0 aromatic heterocycles. The fourth-order valence-electron chi connectivity index (χ4n) is 5.45. The second-order valence-electron chi connectivity index (χ2n) is 9.31. The number of rotatable bonds is 7. The van der Waals surface area contributed by atoms with Gasteiger partial charge in [-0.05, 0) is 50.0 Å². The molecule has 0 N–H and O–H groups in total. The first-order valence-electron chi connectivity index (χ1n) is 11.8. The van der Waals surface area contributed by atoms with Crippen LogP contribution >= 0.6 is 11.6 Å². The van der Waals surface area contributed by atoms with Gasteiger partial charge in [0.15, 0.2) is 0 Å². The quantitative estimate of drug-likeness (QED) is 0.391. The maximum atomic E-state index is 6.84. The average Bonchev–Trinajstić information content (AvgIpc) is 3.24. The number of ether oxygens (including phenoxy) is 1. The summed E-state index contributed by atoms with van der Waals surface area (Å²) in [5.74, 6) is 1.26. The SMILES string of the molecule is C[C@@H](OCc1ccccc1)[C@@H](Cl)B1O[C@H](C2CCCCC2)[C@@H](C2CCCCC2)O1. The Hall–Kier alpha value is -0.545. The van der Waals surface area contributed by atoms with E-state index in [4.69, 9.17) is 25.6 Å². The Balaban J connectivity index is 1.38. The molecule has 2 saturated carbocycles. The van der Waals surface area contributed by atoms with Crippen LogP contribution in [-0.2, 0) is 20.7 Å². The zero-order valence-electron chi connectivity index (χ0n) is 17.8. The van der Waals surface area contributed by atoms with Gasteiger partial charge < -0.3 is 14.0 Å². The van der Waals surface area contributed by atoms with Crippen LogP contribution in [0.1, 0.15) is 76.7 Å². The Morgan fingerprint density at radius 1 is 0.897 bits per heavy atom. The third kappa shape index (κ3) is 5.58. The van der Waals surface area contributed by atoms with Gasteiger partial charge in [0.05, 0.1) is 30.2 Å². The molecule has 4 atom stereocenters. The molecule has 3 fully saturated rings. The lowest BCUT2D eigenvalue weighted by molar-refractivity contribution is 0.0324. The Labute approximate surface area is 182 Å². The number of hydrogen-bond acceptors (Lipinski definition) is 3. The monoisotopic (exact) mass is 418 g/mol. The molecule has 3 aliphatic rings. The molecule has 1 aliphatic heterocycles. The van der Waals surface area contributed by atoms with Crippen molar-refractivity contribution < 1.29 is 14.0 Å². The van der Waals surface area contributed by atoms with Gasteiger partial charge >= 0.3 is 7.12 Å². The topological polar surface area (TPSA) is 27.7 Å². The van der Waals surface area contributed by atoms with E-state index in [0.717, 1.165) is 5.56 Å². The largest absolute Gasteiger partial charge is 0.479 e. The zero-order chi connectivity index (χ0) is 20.1. The predicted molar refractivity (Wildman–Crippen MR) is 119 cm³/mol. The highest BCUT2D eigenvalue weighted by Crippen LogP contribution is 2.41. The molecule has 1 heterocycles. The van der Waals surface area contributed by atoms with Crippen LogP contribution < -0.4 is 0 Å². The van der Waals surface area contributed by atoms with E-state index < -0.39 is 0 Å². The summed E-state index contributed by atoms with van der Waals surface area (Å²) in [5.41, 5.74) is 1.16. The van der Waals surface area contributed by atoms with Gasteiger partial charge in [0, 0.05) is 0 Å². The van der Waals surface area contributed by atoms with Crippen LogP contribution in [0, 0.1) is 11.8 Å². The summed E-state index contributed by atoms with van der Waals surface area (Å²) >= 11 is 6.84. The van der Waals surface area contributed by atoms with E-state index in [1.165, 1.54) is 64.2 Å². The van der Waals surface area contributed by atoms with E-state index in [9.17, 15) is 0 Å². The predicted octanol–water partition coefficient (Wildman–Crippen LogP) is 6.17. The first-order chi connectivity index (χ1) is 14.2. The van der Waals surface area contributed by atoms with Gasteiger partial charge in [-0.15, -0.1) is 11.6 Å².